The zero-order valence-corrected chi connectivity index (χ0v) is 15.3. The highest BCUT2D eigenvalue weighted by molar-refractivity contribution is 6.09. The Bertz CT molecular complexity index is 881. The fourth-order valence-electron chi connectivity index (χ4n) is 2.58. The van der Waals surface area contributed by atoms with Gasteiger partial charge in [0, 0.05) is 17.5 Å². The Balaban J connectivity index is 2.04. The van der Waals surface area contributed by atoms with Gasteiger partial charge in [0.15, 0.2) is 6.61 Å². The van der Waals surface area contributed by atoms with Gasteiger partial charge in [-0.25, -0.2) is 14.0 Å². The van der Waals surface area contributed by atoms with E-state index in [9.17, 15) is 18.8 Å². The number of aryl methyl sites for hydroxylation is 2. The van der Waals surface area contributed by atoms with Gasteiger partial charge in [-0.05, 0) is 44.5 Å². The average Bonchev–Trinajstić information content (AvgIpc) is 2.93. The number of Topliss-reactive ketones (excluding diaryl/α,β-unsaturated/α-hetero) is 1. The maximum atomic E-state index is 12.8. The lowest BCUT2D eigenvalue weighted by atomic mass is 10.1. The summed E-state index contributed by atoms with van der Waals surface area (Å²) < 4.78 is 22.8. The molecule has 1 aromatic carbocycles. The van der Waals surface area contributed by atoms with Crippen LogP contribution in [0.2, 0.25) is 0 Å². The fraction of sp³-hybridized carbons (Fsp3) is 0.250. The second kappa shape index (κ2) is 8.93. The van der Waals surface area contributed by atoms with Crippen LogP contribution >= 0.6 is 0 Å². The SMILES string of the molecule is CCOC(=O)c1c(C)[nH]c(C)c1C(=O)COC(=O)/C=C/c1ccc(F)cc1. The van der Waals surface area contributed by atoms with Crippen molar-refractivity contribution in [2.45, 2.75) is 20.8 Å². The lowest BCUT2D eigenvalue weighted by Gasteiger charge is -2.06. The van der Waals surface area contributed by atoms with Gasteiger partial charge in [0.2, 0.25) is 5.78 Å². The van der Waals surface area contributed by atoms with Crippen molar-refractivity contribution in [3.8, 4) is 0 Å². The van der Waals surface area contributed by atoms with E-state index >= 15 is 0 Å². The minimum Gasteiger partial charge on any atom is -0.462 e. The van der Waals surface area contributed by atoms with Gasteiger partial charge in [-0.3, -0.25) is 4.79 Å². The van der Waals surface area contributed by atoms with Crippen LogP contribution in [0.25, 0.3) is 6.08 Å². The summed E-state index contributed by atoms with van der Waals surface area (Å²) in [5, 5.41) is 0. The Labute approximate surface area is 156 Å². The van der Waals surface area contributed by atoms with Gasteiger partial charge >= 0.3 is 11.9 Å². The summed E-state index contributed by atoms with van der Waals surface area (Å²) in [6, 6.07) is 5.54. The third-order valence-electron chi connectivity index (χ3n) is 3.76. The Morgan fingerprint density at radius 1 is 1.04 bits per heavy atom. The molecule has 2 aromatic rings. The summed E-state index contributed by atoms with van der Waals surface area (Å²) in [4.78, 5) is 39.3. The van der Waals surface area contributed by atoms with Gasteiger partial charge in [0.1, 0.15) is 5.82 Å². The van der Waals surface area contributed by atoms with E-state index in [-0.39, 0.29) is 23.6 Å². The number of H-pyrrole nitrogens is 1. The number of halogens is 1. The van der Waals surface area contributed by atoms with Gasteiger partial charge in [-0.1, -0.05) is 12.1 Å². The topological polar surface area (TPSA) is 85.5 Å². The first kappa shape index (κ1) is 20.1. The third kappa shape index (κ3) is 5.13. The van der Waals surface area contributed by atoms with Crippen molar-refractivity contribution in [1.82, 2.24) is 4.98 Å². The monoisotopic (exact) mass is 373 g/mol. The van der Waals surface area contributed by atoms with E-state index in [0.29, 0.717) is 17.0 Å². The van der Waals surface area contributed by atoms with Crippen LogP contribution in [-0.4, -0.2) is 35.9 Å². The van der Waals surface area contributed by atoms with Crippen molar-refractivity contribution in [3.05, 3.63) is 64.2 Å². The number of hydrogen-bond acceptors (Lipinski definition) is 5. The molecule has 0 fully saturated rings. The van der Waals surface area contributed by atoms with E-state index in [1.54, 1.807) is 20.8 Å². The summed E-state index contributed by atoms with van der Waals surface area (Å²) in [6.45, 7) is 4.65. The van der Waals surface area contributed by atoms with Crippen LogP contribution in [0.3, 0.4) is 0 Å². The summed E-state index contributed by atoms with van der Waals surface area (Å²) in [5.74, 6) is -2.22. The fourth-order valence-corrected chi connectivity index (χ4v) is 2.58. The second-order valence-electron chi connectivity index (χ2n) is 5.76. The predicted octanol–water partition coefficient (Wildman–Crippen LogP) is 3.39. The molecule has 0 aliphatic carbocycles. The minimum atomic E-state index is -0.727. The van der Waals surface area contributed by atoms with Crippen molar-refractivity contribution in [2.75, 3.05) is 13.2 Å². The van der Waals surface area contributed by atoms with Gasteiger partial charge in [-0.15, -0.1) is 0 Å². The molecule has 7 heteroatoms. The first-order valence-electron chi connectivity index (χ1n) is 8.33. The largest absolute Gasteiger partial charge is 0.462 e. The van der Waals surface area contributed by atoms with Gasteiger partial charge in [0.25, 0.3) is 0 Å². The standard InChI is InChI=1S/C20H20FNO5/c1-4-26-20(25)19-13(3)22-12(2)18(19)16(23)11-27-17(24)10-7-14-5-8-15(21)9-6-14/h5-10,22H,4,11H2,1-3H3/b10-7+. The molecule has 0 saturated heterocycles. The highest BCUT2D eigenvalue weighted by Gasteiger charge is 2.25. The molecule has 142 valence electrons. The van der Waals surface area contributed by atoms with Crippen LogP contribution in [0, 0.1) is 19.7 Å². The molecule has 2 rings (SSSR count). The zero-order valence-electron chi connectivity index (χ0n) is 15.3. The van der Waals surface area contributed by atoms with Crippen LogP contribution in [-0.2, 0) is 14.3 Å². The highest BCUT2D eigenvalue weighted by atomic mass is 19.1. The Hall–Kier alpha value is -3.22. The normalized spacial score (nSPS) is 10.8. The molecule has 0 unspecified atom stereocenters. The van der Waals surface area contributed by atoms with Gasteiger partial charge in [0.05, 0.1) is 17.7 Å². The smallest absolute Gasteiger partial charge is 0.340 e. The second-order valence-corrected chi connectivity index (χ2v) is 5.76. The Morgan fingerprint density at radius 2 is 1.67 bits per heavy atom. The number of hydrogen-bond donors (Lipinski definition) is 1. The highest BCUT2D eigenvalue weighted by Crippen LogP contribution is 2.20. The molecule has 0 aliphatic rings. The number of rotatable bonds is 7. The summed E-state index contributed by atoms with van der Waals surface area (Å²) in [5.41, 5.74) is 1.93. The van der Waals surface area contributed by atoms with E-state index in [2.05, 4.69) is 4.98 Å². The van der Waals surface area contributed by atoms with E-state index in [4.69, 9.17) is 9.47 Å². The van der Waals surface area contributed by atoms with E-state index < -0.39 is 24.3 Å². The lowest BCUT2D eigenvalue weighted by Crippen LogP contribution is -2.17. The Morgan fingerprint density at radius 3 is 2.30 bits per heavy atom. The van der Waals surface area contributed by atoms with Crippen LogP contribution in [0.15, 0.2) is 30.3 Å². The molecule has 27 heavy (non-hydrogen) atoms. The molecular formula is C20H20FNO5. The molecule has 0 bridgehead atoms. The van der Waals surface area contributed by atoms with Crippen LogP contribution in [0.1, 0.15) is 44.6 Å². The van der Waals surface area contributed by atoms with Gasteiger partial charge < -0.3 is 14.5 Å². The maximum absolute atomic E-state index is 12.8. The van der Waals surface area contributed by atoms with Crippen LogP contribution in [0.4, 0.5) is 4.39 Å². The minimum absolute atomic E-state index is 0.150. The molecule has 0 radical (unpaired) electrons. The number of aromatic amines is 1. The molecule has 1 aromatic heterocycles. The van der Waals surface area contributed by atoms with E-state index in [0.717, 1.165) is 6.08 Å². The maximum Gasteiger partial charge on any atom is 0.340 e. The Kier molecular flexibility index (Phi) is 6.65. The van der Waals surface area contributed by atoms with Crippen molar-refractivity contribution >= 4 is 23.8 Å². The summed E-state index contributed by atoms with van der Waals surface area (Å²) >= 11 is 0. The summed E-state index contributed by atoms with van der Waals surface area (Å²) in [7, 11) is 0. The van der Waals surface area contributed by atoms with Crippen molar-refractivity contribution < 1.29 is 28.2 Å². The number of benzene rings is 1. The van der Waals surface area contributed by atoms with Gasteiger partial charge in [-0.2, -0.15) is 0 Å². The number of ketones is 1. The number of carbonyl (C=O) groups excluding carboxylic acids is 3. The number of esters is 2. The van der Waals surface area contributed by atoms with Crippen LogP contribution < -0.4 is 0 Å². The molecular weight excluding hydrogens is 353 g/mol. The van der Waals surface area contributed by atoms with E-state index in [1.807, 2.05) is 0 Å². The molecule has 0 spiro atoms. The number of carbonyl (C=O) groups is 3. The molecule has 1 heterocycles. The third-order valence-corrected chi connectivity index (χ3v) is 3.76. The molecule has 6 nitrogen and oxygen atoms in total. The van der Waals surface area contributed by atoms with Crippen LogP contribution in [0.5, 0.6) is 0 Å². The van der Waals surface area contributed by atoms with Crippen molar-refractivity contribution in [3.63, 3.8) is 0 Å². The number of aromatic nitrogens is 1. The number of nitrogens with one attached hydrogen (secondary N) is 1. The molecule has 0 atom stereocenters. The van der Waals surface area contributed by atoms with E-state index in [1.165, 1.54) is 30.3 Å². The zero-order chi connectivity index (χ0) is 20.0. The quantitative estimate of drug-likeness (QED) is 0.457. The van der Waals surface area contributed by atoms with Crippen molar-refractivity contribution in [2.24, 2.45) is 0 Å². The molecule has 0 amide bonds. The predicted molar refractivity (Wildman–Crippen MR) is 96.9 cm³/mol. The summed E-state index contributed by atoms with van der Waals surface area (Å²) in [6.07, 6.45) is 2.59. The molecule has 0 saturated carbocycles. The average molecular weight is 373 g/mol. The molecule has 0 aliphatic heterocycles. The number of ether oxygens (including phenoxy) is 2. The van der Waals surface area contributed by atoms with Crippen molar-refractivity contribution in [1.29, 1.82) is 0 Å². The molecule has 1 N–H and O–H groups in total. The lowest BCUT2D eigenvalue weighted by molar-refractivity contribution is -0.136. The first-order valence-corrected chi connectivity index (χ1v) is 8.33. The first-order chi connectivity index (χ1) is 12.8.